The number of nitriles is 1. The van der Waals surface area contributed by atoms with Crippen LogP contribution in [0.1, 0.15) is 11.1 Å². The zero-order valence-electron chi connectivity index (χ0n) is 10.8. The molecule has 0 amide bonds. The first kappa shape index (κ1) is 15.0. The minimum atomic E-state index is -0.608. The standard InChI is InChI=1S/C13H9IN4O3/c1-7-2-10(16)13(17-6-7)21-12-9(14)3-8(5-15)4-11(12)18(19)20/h2-4,6H,16H2,1H3. The van der Waals surface area contributed by atoms with Gasteiger partial charge >= 0.3 is 5.69 Å². The van der Waals surface area contributed by atoms with Gasteiger partial charge in [-0.2, -0.15) is 5.26 Å². The lowest BCUT2D eigenvalue weighted by atomic mass is 10.2. The van der Waals surface area contributed by atoms with Gasteiger partial charge in [0.15, 0.2) is 0 Å². The fourth-order valence-electron chi connectivity index (χ4n) is 1.64. The Morgan fingerprint density at radius 1 is 1.48 bits per heavy atom. The number of nitro groups is 1. The molecule has 2 rings (SSSR count). The molecule has 0 fully saturated rings. The molecular weight excluding hydrogens is 387 g/mol. The van der Waals surface area contributed by atoms with E-state index in [1.165, 1.54) is 6.07 Å². The number of benzene rings is 1. The third-order valence-corrected chi connectivity index (χ3v) is 3.37. The Kier molecular flexibility index (Phi) is 4.23. The zero-order valence-corrected chi connectivity index (χ0v) is 13.0. The van der Waals surface area contributed by atoms with Crippen molar-refractivity contribution in [3.63, 3.8) is 0 Å². The topological polar surface area (TPSA) is 115 Å². The van der Waals surface area contributed by atoms with Gasteiger partial charge in [-0.25, -0.2) is 4.98 Å². The number of hydrogen-bond donors (Lipinski definition) is 1. The van der Waals surface area contributed by atoms with Gasteiger partial charge in [-0.3, -0.25) is 10.1 Å². The van der Waals surface area contributed by atoms with Crippen molar-refractivity contribution in [2.24, 2.45) is 0 Å². The predicted molar refractivity (Wildman–Crippen MR) is 84.0 cm³/mol. The lowest BCUT2D eigenvalue weighted by Crippen LogP contribution is -2.00. The quantitative estimate of drug-likeness (QED) is 0.484. The van der Waals surface area contributed by atoms with Crippen molar-refractivity contribution in [2.75, 3.05) is 5.73 Å². The summed E-state index contributed by atoms with van der Waals surface area (Å²) in [5.74, 6) is 0.106. The number of nitrogens with zero attached hydrogens (tertiary/aromatic N) is 3. The zero-order chi connectivity index (χ0) is 15.6. The number of aryl methyl sites for hydroxylation is 1. The van der Waals surface area contributed by atoms with E-state index in [4.69, 9.17) is 15.7 Å². The highest BCUT2D eigenvalue weighted by molar-refractivity contribution is 14.1. The Bertz CT molecular complexity index is 771. The number of anilines is 1. The number of nitrogens with two attached hydrogens (primary N) is 1. The maximum Gasteiger partial charge on any atom is 0.314 e. The summed E-state index contributed by atoms with van der Waals surface area (Å²) in [6, 6.07) is 6.17. The van der Waals surface area contributed by atoms with Crippen molar-refractivity contribution in [3.8, 4) is 17.7 Å². The molecule has 0 bridgehead atoms. The van der Waals surface area contributed by atoms with Crippen LogP contribution in [-0.4, -0.2) is 9.91 Å². The average molecular weight is 396 g/mol. The Balaban J connectivity index is 2.53. The van der Waals surface area contributed by atoms with Crippen LogP contribution in [-0.2, 0) is 0 Å². The highest BCUT2D eigenvalue weighted by atomic mass is 127. The molecule has 0 atom stereocenters. The first-order valence-electron chi connectivity index (χ1n) is 5.70. The second-order valence-electron chi connectivity index (χ2n) is 4.18. The van der Waals surface area contributed by atoms with E-state index in [1.807, 2.05) is 35.6 Å². The summed E-state index contributed by atoms with van der Waals surface area (Å²) in [4.78, 5) is 14.5. The molecule has 0 saturated carbocycles. The van der Waals surface area contributed by atoms with Crippen LogP contribution in [0.4, 0.5) is 11.4 Å². The molecule has 0 spiro atoms. The van der Waals surface area contributed by atoms with E-state index in [9.17, 15) is 10.1 Å². The number of rotatable bonds is 3. The summed E-state index contributed by atoms with van der Waals surface area (Å²) >= 11 is 1.86. The molecule has 0 aliphatic heterocycles. The van der Waals surface area contributed by atoms with Gasteiger partial charge in [0.1, 0.15) is 0 Å². The summed E-state index contributed by atoms with van der Waals surface area (Å²) in [5.41, 5.74) is 6.80. The lowest BCUT2D eigenvalue weighted by Gasteiger charge is -2.10. The number of nitro benzene ring substituents is 1. The van der Waals surface area contributed by atoms with Crippen LogP contribution in [0.15, 0.2) is 24.4 Å². The first-order chi connectivity index (χ1) is 9.92. The fourth-order valence-corrected chi connectivity index (χ4v) is 2.36. The Morgan fingerprint density at radius 2 is 2.19 bits per heavy atom. The van der Waals surface area contributed by atoms with Crippen molar-refractivity contribution in [3.05, 3.63) is 49.2 Å². The largest absolute Gasteiger partial charge is 0.429 e. The molecule has 7 nitrogen and oxygen atoms in total. The molecule has 2 aromatic rings. The summed E-state index contributed by atoms with van der Waals surface area (Å²) in [6.07, 6.45) is 1.55. The van der Waals surface area contributed by atoms with Gasteiger partial charge in [-0.1, -0.05) is 0 Å². The van der Waals surface area contributed by atoms with Crippen molar-refractivity contribution >= 4 is 34.0 Å². The van der Waals surface area contributed by atoms with Crippen molar-refractivity contribution in [1.82, 2.24) is 4.98 Å². The number of nitrogen functional groups attached to an aromatic ring is 1. The SMILES string of the molecule is Cc1cnc(Oc2c(I)cc(C#N)cc2[N+](=O)[O-])c(N)c1. The molecule has 0 aliphatic carbocycles. The van der Waals surface area contributed by atoms with E-state index >= 15 is 0 Å². The van der Waals surface area contributed by atoms with Crippen LogP contribution in [0.5, 0.6) is 11.6 Å². The smallest absolute Gasteiger partial charge is 0.314 e. The third kappa shape index (κ3) is 3.19. The fraction of sp³-hybridized carbons (Fsp3) is 0.0769. The maximum atomic E-state index is 11.1. The third-order valence-electron chi connectivity index (χ3n) is 2.56. The minimum absolute atomic E-state index is 0.0163. The van der Waals surface area contributed by atoms with Crippen LogP contribution in [0.25, 0.3) is 0 Å². The average Bonchev–Trinajstić information content (AvgIpc) is 2.42. The lowest BCUT2D eigenvalue weighted by molar-refractivity contribution is -0.385. The number of halogens is 1. The molecule has 0 saturated heterocycles. The number of pyridine rings is 1. The molecule has 1 aromatic heterocycles. The summed E-state index contributed by atoms with van der Waals surface area (Å²) in [6.45, 7) is 1.82. The summed E-state index contributed by atoms with van der Waals surface area (Å²) < 4.78 is 5.92. The van der Waals surface area contributed by atoms with Crippen molar-refractivity contribution in [2.45, 2.75) is 6.92 Å². The first-order valence-corrected chi connectivity index (χ1v) is 6.78. The summed E-state index contributed by atoms with van der Waals surface area (Å²) in [7, 11) is 0. The maximum absolute atomic E-state index is 11.1. The Morgan fingerprint density at radius 3 is 2.76 bits per heavy atom. The van der Waals surface area contributed by atoms with Gasteiger partial charge in [0, 0.05) is 12.3 Å². The highest BCUT2D eigenvalue weighted by Crippen LogP contribution is 2.37. The molecule has 1 aromatic carbocycles. The summed E-state index contributed by atoms with van der Waals surface area (Å²) in [5, 5.41) is 20.0. The molecule has 0 radical (unpaired) electrons. The van der Waals surface area contributed by atoms with Gasteiger partial charge in [0.05, 0.1) is 25.8 Å². The van der Waals surface area contributed by atoms with Gasteiger partial charge in [0.2, 0.25) is 11.6 Å². The molecule has 21 heavy (non-hydrogen) atoms. The monoisotopic (exact) mass is 396 g/mol. The minimum Gasteiger partial charge on any atom is -0.429 e. The van der Waals surface area contributed by atoms with Gasteiger partial charge < -0.3 is 10.5 Å². The van der Waals surface area contributed by atoms with Gasteiger partial charge in [0.25, 0.3) is 0 Å². The highest BCUT2D eigenvalue weighted by Gasteiger charge is 2.22. The number of aromatic nitrogens is 1. The number of hydrogen-bond acceptors (Lipinski definition) is 6. The second kappa shape index (κ2) is 5.92. The Labute approximate surface area is 133 Å². The molecule has 0 unspecified atom stereocenters. The van der Waals surface area contributed by atoms with Crippen LogP contribution in [0.3, 0.4) is 0 Å². The molecular formula is C13H9IN4O3. The van der Waals surface area contributed by atoms with E-state index in [0.29, 0.717) is 3.57 Å². The molecule has 106 valence electrons. The van der Waals surface area contributed by atoms with Crippen molar-refractivity contribution < 1.29 is 9.66 Å². The van der Waals surface area contributed by atoms with E-state index in [0.717, 1.165) is 11.6 Å². The van der Waals surface area contributed by atoms with Crippen LogP contribution >= 0.6 is 22.6 Å². The van der Waals surface area contributed by atoms with E-state index in [-0.39, 0.29) is 28.6 Å². The van der Waals surface area contributed by atoms with Gasteiger partial charge in [-0.15, -0.1) is 0 Å². The molecule has 1 heterocycles. The Hall–Kier alpha value is -2.41. The predicted octanol–water partition coefficient (Wildman–Crippen LogP) is 3.15. The van der Waals surface area contributed by atoms with Crippen LogP contribution < -0.4 is 10.5 Å². The van der Waals surface area contributed by atoms with E-state index in [2.05, 4.69) is 4.98 Å². The van der Waals surface area contributed by atoms with Crippen LogP contribution in [0.2, 0.25) is 0 Å². The van der Waals surface area contributed by atoms with Gasteiger partial charge in [-0.05, 0) is 47.2 Å². The molecule has 2 N–H and O–H groups in total. The van der Waals surface area contributed by atoms with Crippen molar-refractivity contribution in [1.29, 1.82) is 5.26 Å². The van der Waals surface area contributed by atoms with E-state index in [1.54, 1.807) is 12.3 Å². The second-order valence-corrected chi connectivity index (χ2v) is 5.35. The molecule has 8 heteroatoms. The molecule has 0 aliphatic rings. The normalized spacial score (nSPS) is 9.95. The van der Waals surface area contributed by atoms with Crippen LogP contribution in [0, 0.1) is 31.9 Å². The van der Waals surface area contributed by atoms with E-state index < -0.39 is 4.92 Å². The number of ether oxygens (including phenoxy) is 1.